The molecule has 4 nitrogen and oxygen atoms in total. The fourth-order valence-corrected chi connectivity index (χ4v) is 3.65. The first-order chi connectivity index (χ1) is 11.2. The van der Waals surface area contributed by atoms with E-state index in [1.807, 2.05) is 31.2 Å². The predicted molar refractivity (Wildman–Crippen MR) is 91.9 cm³/mol. The van der Waals surface area contributed by atoms with Crippen molar-refractivity contribution in [2.24, 2.45) is 5.92 Å². The molecule has 0 unspecified atom stereocenters. The number of nitrogens with one attached hydrogen (secondary N) is 1. The summed E-state index contributed by atoms with van der Waals surface area (Å²) in [4.78, 5) is 16.8. The highest BCUT2D eigenvalue weighted by Crippen LogP contribution is 2.26. The van der Waals surface area contributed by atoms with Crippen LogP contribution in [0.2, 0.25) is 0 Å². The third kappa shape index (κ3) is 4.32. The van der Waals surface area contributed by atoms with Gasteiger partial charge in [-0.3, -0.25) is 4.79 Å². The van der Waals surface area contributed by atoms with E-state index < -0.39 is 0 Å². The average molecular weight is 330 g/mol. The lowest BCUT2D eigenvalue weighted by Crippen LogP contribution is -2.33. The zero-order valence-corrected chi connectivity index (χ0v) is 14.2. The highest BCUT2D eigenvalue weighted by Gasteiger charge is 2.23. The lowest BCUT2D eigenvalue weighted by atomic mass is 9.96. The minimum Gasteiger partial charge on any atom is -0.493 e. The summed E-state index contributed by atoms with van der Waals surface area (Å²) in [6.07, 6.45) is 3.38. The van der Waals surface area contributed by atoms with Gasteiger partial charge in [-0.1, -0.05) is 18.2 Å². The normalized spacial score (nSPS) is 17.0. The molecule has 1 aliphatic heterocycles. The highest BCUT2D eigenvalue weighted by molar-refractivity contribution is 7.09. The lowest BCUT2D eigenvalue weighted by molar-refractivity contribution is -0.125. The fraction of sp³-hybridized carbons (Fsp3) is 0.444. The summed E-state index contributed by atoms with van der Waals surface area (Å²) in [6.45, 7) is 3.32. The van der Waals surface area contributed by atoms with Gasteiger partial charge in [-0.05, 0) is 37.8 Å². The summed E-state index contributed by atoms with van der Waals surface area (Å²) in [5.74, 6) is 1.06. The molecular formula is C18H22N2O2S. The van der Waals surface area contributed by atoms with Gasteiger partial charge in [-0.2, -0.15) is 0 Å². The molecule has 1 aliphatic rings. The number of ether oxygens (including phenoxy) is 1. The summed E-state index contributed by atoms with van der Waals surface area (Å²) in [6, 6.07) is 8.00. The molecular weight excluding hydrogens is 308 g/mol. The van der Waals surface area contributed by atoms with E-state index in [2.05, 4.69) is 15.7 Å². The van der Waals surface area contributed by atoms with Crippen LogP contribution in [-0.2, 0) is 17.6 Å². The van der Waals surface area contributed by atoms with Crippen LogP contribution in [-0.4, -0.2) is 24.0 Å². The average Bonchev–Trinajstić information content (AvgIpc) is 2.84. The van der Waals surface area contributed by atoms with Crippen molar-refractivity contribution in [3.05, 3.63) is 45.9 Å². The van der Waals surface area contributed by atoms with Crippen molar-refractivity contribution in [2.75, 3.05) is 13.2 Å². The molecule has 1 atom stereocenters. The molecule has 1 amide bonds. The van der Waals surface area contributed by atoms with Gasteiger partial charge in [0.15, 0.2) is 0 Å². The van der Waals surface area contributed by atoms with E-state index in [-0.39, 0.29) is 11.8 Å². The van der Waals surface area contributed by atoms with Crippen molar-refractivity contribution in [1.29, 1.82) is 0 Å². The smallest absolute Gasteiger partial charge is 0.223 e. The SMILES string of the molecule is Cc1csc(CCCNC(=O)[C@H]2CCOc3ccccc3C2)n1. The van der Waals surface area contributed by atoms with Gasteiger partial charge >= 0.3 is 0 Å². The molecule has 0 radical (unpaired) electrons. The van der Waals surface area contributed by atoms with Gasteiger partial charge in [0, 0.05) is 30.0 Å². The van der Waals surface area contributed by atoms with Crippen LogP contribution >= 0.6 is 11.3 Å². The van der Waals surface area contributed by atoms with Gasteiger partial charge in [-0.25, -0.2) is 4.98 Å². The second-order valence-corrected chi connectivity index (χ2v) is 6.87. The molecule has 0 fully saturated rings. The first-order valence-electron chi connectivity index (χ1n) is 8.12. The maximum Gasteiger partial charge on any atom is 0.223 e. The number of thiazole rings is 1. The van der Waals surface area contributed by atoms with Crippen LogP contribution in [0.4, 0.5) is 0 Å². The maximum atomic E-state index is 12.4. The number of hydrogen-bond acceptors (Lipinski definition) is 4. The number of carbonyl (C=O) groups excluding carboxylic acids is 1. The Hall–Kier alpha value is -1.88. The van der Waals surface area contributed by atoms with Crippen LogP contribution in [0.5, 0.6) is 5.75 Å². The predicted octanol–water partition coefficient (Wildman–Crippen LogP) is 3.14. The van der Waals surface area contributed by atoms with Crippen LogP contribution in [0.25, 0.3) is 0 Å². The molecule has 0 spiro atoms. The third-order valence-electron chi connectivity index (χ3n) is 4.07. The fourth-order valence-electron chi connectivity index (χ4n) is 2.83. The number of nitrogens with zero attached hydrogens (tertiary/aromatic N) is 1. The van der Waals surface area contributed by atoms with E-state index in [1.54, 1.807) is 11.3 Å². The zero-order valence-electron chi connectivity index (χ0n) is 13.4. The molecule has 1 N–H and O–H groups in total. The quantitative estimate of drug-likeness (QED) is 0.857. The number of aromatic nitrogens is 1. The molecule has 23 heavy (non-hydrogen) atoms. The Labute approximate surface area is 140 Å². The molecule has 122 valence electrons. The first-order valence-corrected chi connectivity index (χ1v) is 9.00. The van der Waals surface area contributed by atoms with E-state index in [0.29, 0.717) is 13.2 Å². The number of fused-ring (bicyclic) bond motifs is 1. The molecule has 0 saturated carbocycles. The Kier molecular flexibility index (Phi) is 5.28. The van der Waals surface area contributed by atoms with Gasteiger partial charge in [0.2, 0.25) is 5.91 Å². The standard InChI is InChI=1S/C18H22N2O2S/c1-13-12-23-17(20-13)7-4-9-19-18(21)15-8-10-22-16-6-3-2-5-14(16)11-15/h2-3,5-6,12,15H,4,7-11H2,1H3,(H,19,21)/t15-/m0/s1. The highest BCUT2D eigenvalue weighted by atomic mass is 32.1. The van der Waals surface area contributed by atoms with Gasteiger partial charge in [0.1, 0.15) is 5.75 Å². The van der Waals surface area contributed by atoms with Gasteiger partial charge < -0.3 is 10.1 Å². The van der Waals surface area contributed by atoms with E-state index in [1.165, 1.54) is 0 Å². The maximum absolute atomic E-state index is 12.4. The molecule has 2 heterocycles. The van der Waals surface area contributed by atoms with Crippen LogP contribution in [0.3, 0.4) is 0 Å². The number of benzene rings is 1. The molecule has 0 bridgehead atoms. The van der Waals surface area contributed by atoms with Gasteiger partial charge in [0.25, 0.3) is 0 Å². The zero-order chi connectivity index (χ0) is 16.1. The van der Waals surface area contributed by atoms with Gasteiger partial charge in [0.05, 0.1) is 11.6 Å². The topological polar surface area (TPSA) is 51.2 Å². The van der Waals surface area contributed by atoms with Crippen molar-refractivity contribution in [1.82, 2.24) is 10.3 Å². The molecule has 1 aromatic carbocycles. The Morgan fingerprint density at radius 1 is 1.43 bits per heavy atom. The largest absolute Gasteiger partial charge is 0.493 e. The third-order valence-corrected chi connectivity index (χ3v) is 5.09. The van der Waals surface area contributed by atoms with E-state index >= 15 is 0 Å². The Morgan fingerprint density at radius 2 is 2.30 bits per heavy atom. The monoisotopic (exact) mass is 330 g/mol. The second kappa shape index (κ2) is 7.59. The minimum atomic E-state index is 0.000701. The van der Waals surface area contributed by atoms with Crippen molar-refractivity contribution in [2.45, 2.75) is 32.6 Å². The van der Waals surface area contributed by atoms with Crippen molar-refractivity contribution < 1.29 is 9.53 Å². The van der Waals surface area contributed by atoms with Gasteiger partial charge in [-0.15, -0.1) is 11.3 Å². The Morgan fingerprint density at radius 3 is 3.13 bits per heavy atom. The Bertz CT molecular complexity index is 669. The van der Waals surface area contributed by atoms with E-state index in [9.17, 15) is 4.79 Å². The van der Waals surface area contributed by atoms with Crippen molar-refractivity contribution in [3.8, 4) is 5.75 Å². The number of para-hydroxylation sites is 1. The minimum absolute atomic E-state index is 0.000701. The van der Waals surface area contributed by atoms with Crippen LogP contribution < -0.4 is 10.1 Å². The number of rotatable bonds is 5. The summed E-state index contributed by atoms with van der Waals surface area (Å²) >= 11 is 1.69. The van der Waals surface area contributed by atoms with E-state index in [0.717, 1.165) is 47.7 Å². The van der Waals surface area contributed by atoms with Crippen LogP contribution in [0.15, 0.2) is 29.6 Å². The van der Waals surface area contributed by atoms with Crippen LogP contribution in [0.1, 0.15) is 29.1 Å². The van der Waals surface area contributed by atoms with Crippen molar-refractivity contribution >= 4 is 17.2 Å². The number of amides is 1. The lowest BCUT2D eigenvalue weighted by Gasteiger charge is -2.13. The summed E-state index contributed by atoms with van der Waals surface area (Å²) < 4.78 is 5.73. The molecule has 2 aromatic rings. The molecule has 0 aliphatic carbocycles. The molecule has 1 aromatic heterocycles. The number of carbonyl (C=O) groups is 1. The summed E-state index contributed by atoms with van der Waals surface area (Å²) in [7, 11) is 0. The Balaban J connectivity index is 1.46. The van der Waals surface area contributed by atoms with E-state index in [4.69, 9.17) is 4.74 Å². The summed E-state index contributed by atoms with van der Waals surface area (Å²) in [5, 5.41) is 6.28. The molecule has 0 saturated heterocycles. The molecule has 3 rings (SSSR count). The van der Waals surface area contributed by atoms with Crippen LogP contribution in [0, 0.1) is 12.8 Å². The van der Waals surface area contributed by atoms with Crippen molar-refractivity contribution in [3.63, 3.8) is 0 Å². The number of aryl methyl sites for hydroxylation is 2. The molecule has 5 heteroatoms. The number of hydrogen-bond donors (Lipinski definition) is 1. The summed E-state index contributed by atoms with van der Waals surface area (Å²) in [5.41, 5.74) is 2.20. The second-order valence-electron chi connectivity index (χ2n) is 5.92. The first kappa shape index (κ1) is 16.0.